The topological polar surface area (TPSA) is 61.4 Å². The van der Waals surface area contributed by atoms with E-state index < -0.39 is 0 Å². The molecule has 1 aromatic carbocycles. The SMILES string of the molecule is Cl.O=C(NCCCC(=O)N1Cc2ccccc2C1)C1CCCN1. The Kier molecular flexibility index (Phi) is 6.42. The van der Waals surface area contributed by atoms with E-state index in [2.05, 4.69) is 22.8 Å². The van der Waals surface area contributed by atoms with Crippen LogP contribution < -0.4 is 10.6 Å². The van der Waals surface area contributed by atoms with Crippen molar-refractivity contribution in [1.29, 1.82) is 0 Å². The van der Waals surface area contributed by atoms with Gasteiger partial charge in [-0.2, -0.15) is 0 Å². The maximum atomic E-state index is 12.2. The average Bonchev–Trinajstić information content (AvgIpc) is 3.19. The maximum absolute atomic E-state index is 12.2. The fourth-order valence-corrected chi connectivity index (χ4v) is 3.15. The monoisotopic (exact) mass is 337 g/mol. The fourth-order valence-electron chi connectivity index (χ4n) is 3.15. The van der Waals surface area contributed by atoms with Gasteiger partial charge in [0.2, 0.25) is 11.8 Å². The minimum absolute atomic E-state index is 0. The Morgan fingerprint density at radius 2 is 1.91 bits per heavy atom. The Morgan fingerprint density at radius 1 is 1.22 bits per heavy atom. The lowest BCUT2D eigenvalue weighted by Crippen LogP contribution is -2.40. The van der Waals surface area contributed by atoms with Gasteiger partial charge in [0, 0.05) is 26.1 Å². The quantitative estimate of drug-likeness (QED) is 0.802. The molecule has 0 aromatic heterocycles. The van der Waals surface area contributed by atoms with Gasteiger partial charge >= 0.3 is 0 Å². The lowest BCUT2D eigenvalue weighted by atomic mass is 10.1. The largest absolute Gasteiger partial charge is 0.355 e. The van der Waals surface area contributed by atoms with Crippen molar-refractivity contribution in [3.8, 4) is 0 Å². The number of nitrogens with one attached hydrogen (secondary N) is 2. The van der Waals surface area contributed by atoms with Crippen molar-refractivity contribution in [3.63, 3.8) is 0 Å². The number of nitrogens with zero attached hydrogens (tertiary/aromatic N) is 1. The van der Waals surface area contributed by atoms with Gasteiger partial charge < -0.3 is 15.5 Å². The van der Waals surface area contributed by atoms with E-state index in [1.165, 1.54) is 11.1 Å². The second-order valence-corrected chi connectivity index (χ2v) is 6.06. The number of rotatable bonds is 5. The standard InChI is InChI=1S/C17H23N3O2.ClH/c21-16(20-11-13-5-1-2-6-14(13)12-20)8-4-10-19-17(22)15-7-3-9-18-15;/h1-2,5-6,15,18H,3-4,7-12H2,(H,19,22);1H. The maximum Gasteiger partial charge on any atom is 0.237 e. The van der Waals surface area contributed by atoms with E-state index in [0.29, 0.717) is 32.5 Å². The lowest BCUT2D eigenvalue weighted by molar-refractivity contribution is -0.132. The van der Waals surface area contributed by atoms with Crippen molar-refractivity contribution in [2.24, 2.45) is 0 Å². The molecule has 6 heteroatoms. The summed E-state index contributed by atoms with van der Waals surface area (Å²) in [6.45, 7) is 2.93. The molecule has 1 aromatic rings. The second-order valence-electron chi connectivity index (χ2n) is 6.06. The first-order valence-electron chi connectivity index (χ1n) is 8.10. The first-order chi connectivity index (χ1) is 10.7. The summed E-state index contributed by atoms with van der Waals surface area (Å²) >= 11 is 0. The first-order valence-corrected chi connectivity index (χ1v) is 8.10. The number of carbonyl (C=O) groups is 2. The molecule has 2 N–H and O–H groups in total. The van der Waals surface area contributed by atoms with Crippen molar-refractivity contribution in [3.05, 3.63) is 35.4 Å². The van der Waals surface area contributed by atoms with Crippen LogP contribution >= 0.6 is 12.4 Å². The first kappa shape index (κ1) is 17.8. The zero-order chi connectivity index (χ0) is 15.4. The molecular weight excluding hydrogens is 314 g/mol. The van der Waals surface area contributed by atoms with Gasteiger partial charge in [-0.3, -0.25) is 9.59 Å². The molecule has 2 aliphatic heterocycles. The third-order valence-electron chi connectivity index (χ3n) is 4.44. The molecule has 2 aliphatic rings. The molecule has 0 radical (unpaired) electrons. The smallest absolute Gasteiger partial charge is 0.237 e. The summed E-state index contributed by atoms with van der Waals surface area (Å²) in [5, 5.41) is 6.09. The number of benzene rings is 1. The van der Waals surface area contributed by atoms with Gasteiger partial charge in [0.05, 0.1) is 6.04 Å². The summed E-state index contributed by atoms with van der Waals surface area (Å²) in [6, 6.07) is 8.15. The van der Waals surface area contributed by atoms with Gasteiger partial charge in [-0.25, -0.2) is 0 Å². The Bertz CT molecular complexity index is 534. The van der Waals surface area contributed by atoms with Crippen molar-refractivity contribution in [2.75, 3.05) is 13.1 Å². The third-order valence-corrected chi connectivity index (χ3v) is 4.44. The molecule has 1 fully saturated rings. The number of hydrogen-bond donors (Lipinski definition) is 2. The molecule has 1 atom stereocenters. The predicted molar refractivity (Wildman–Crippen MR) is 91.2 cm³/mol. The van der Waals surface area contributed by atoms with Gasteiger partial charge in [-0.1, -0.05) is 24.3 Å². The highest BCUT2D eigenvalue weighted by atomic mass is 35.5. The van der Waals surface area contributed by atoms with Crippen LogP contribution in [0, 0.1) is 0 Å². The van der Waals surface area contributed by atoms with Gasteiger partial charge in [0.1, 0.15) is 0 Å². The van der Waals surface area contributed by atoms with Crippen LogP contribution in [0.25, 0.3) is 0 Å². The molecule has 1 saturated heterocycles. The summed E-state index contributed by atoms with van der Waals surface area (Å²) in [5.41, 5.74) is 2.49. The van der Waals surface area contributed by atoms with Gasteiger partial charge in [0.25, 0.3) is 0 Å². The van der Waals surface area contributed by atoms with Crippen molar-refractivity contribution in [1.82, 2.24) is 15.5 Å². The van der Waals surface area contributed by atoms with E-state index in [1.54, 1.807) is 0 Å². The molecule has 2 heterocycles. The lowest BCUT2D eigenvalue weighted by Gasteiger charge is -2.16. The van der Waals surface area contributed by atoms with Crippen molar-refractivity contribution >= 4 is 24.2 Å². The van der Waals surface area contributed by atoms with Crippen LogP contribution in [0.1, 0.15) is 36.8 Å². The van der Waals surface area contributed by atoms with E-state index in [9.17, 15) is 9.59 Å². The fraction of sp³-hybridized carbons (Fsp3) is 0.529. The zero-order valence-electron chi connectivity index (χ0n) is 13.2. The van der Waals surface area contributed by atoms with E-state index in [1.807, 2.05) is 17.0 Å². The van der Waals surface area contributed by atoms with Crippen LogP contribution in [0.5, 0.6) is 0 Å². The molecule has 0 bridgehead atoms. The minimum atomic E-state index is -0.0382. The second kappa shape index (κ2) is 8.31. The number of fused-ring (bicyclic) bond motifs is 1. The average molecular weight is 338 g/mol. The highest BCUT2D eigenvalue weighted by Crippen LogP contribution is 2.22. The zero-order valence-corrected chi connectivity index (χ0v) is 14.0. The van der Waals surface area contributed by atoms with Crippen molar-refractivity contribution in [2.45, 2.75) is 44.8 Å². The number of amides is 2. The predicted octanol–water partition coefficient (Wildman–Crippen LogP) is 1.60. The Balaban J connectivity index is 0.00000192. The van der Waals surface area contributed by atoms with Crippen LogP contribution in [-0.4, -0.2) is 35.8 Å². The summed E-state index contributed by atoms with van der Waals surface area (Å²) in [5.74, 6) is 0.239. The highest BCUT2D eigenvalue weighted by Gasteiger charge is 2.23. The normalized spacial score (nSPS) is 19.1. The highest BCUT2D eigenvalue weighted by molar-refractivity contribution is 5.85. The van der Waals surface area contributed by atoms with Crippen molar-refractivity contribution < 1.29 is 9.59 Å². The molecule has 0 saturated carbocycles. The minimum Gasteiger partial charge on any atom is -0.355 e. The summed E-state index contributed by atoms with van der Waals surface area (Å²) in [4.78, 5) is 25.9. The van der Waals surface area contributed by atoms with Gasteiger partial charge in [-0.05, 0) is 36.9 Å². The number of halogens is 1. The molecular formula is C17H24ClN3O2. The molecule has 5 nitrogen and oxygen atoms in total. The van der Waals surface area contributed by atoms with Gasteiger partial charge in [-0.15, -0.1) is 12.4 Å². The number of carbonyl (C=O) groups excluding carboxylic acids is 2. The Hall–Kier alpha value is -1.59. The third kappa shape index (κ3) is 4.45. The van der Waals surface area contributed by atoms with Crippen LogP contribution in [0.15, 0.2) is 24.3 Å². The van der Waals surface area contributed by atoms with Crippen LogP contribution in [-0.2, 0) is 22.7 Å². The van der Waals surface area contributed by atoms with E-state index in [-0.39, 0.29) is 30.3 Å². The van der Waals surface area contributed by atoms with Crippen LogP contribution in [0.3, 0.4) is 0 Å². The molecule has 126 valence electrons. The summed E-state index contributed by atoms with van der Waals surface area (Å²) in [7, 11) is 0. The molecule has 3 rings (SSSR count). The Labute approximate surface area is 143 Å². The molecule has 2 amide bonds. The van der Waals surface area contributed by atoms with E-state index in [0.717, 1.165) is 19.4 Å². The molecule has 1 unspecified atom stereocenters. The van der Waals surface area contributed by atoms with E-state index in [4.69, 9.17) is 0 Å². The van der Waals surface area contributed by atoms with Crippen LogP contribution in [0.2, 0.25) is 0 Å². The van der Waals surface area contributed by atoms with E-state index >= 15 is 0 Å². The summed E-state index contributed by atoms with van der Waals surface area (Å²) < 4.78 is 0. The number of hydrogen-bond acceptors (Lipinski definition) is 3. The van der Waals surface area contributed by atoms with Crippen LogP contribution in [0.4, 0.5) is 0 Å². The molecule has 0 spiro atoms. The molecule has 23 heavy (non-hydrogen) atoms. The molecule has 0 aliphatic carbocycles. The summed E-state index contributed by atoms with van der Waals surface area (Å²) in [6.07, 6.45) is 3.17. The Morgan fingerprint density at radius 3 is 2.52 bits per heavy atom. The van der Waals surface area contributed by atoms with Gasteiger partial charge in [0.15, 0.2) is 0 Å².